The summed E-state index contributed by atoms with van der Waals surface area (Å²) in [6, 6.07) is 8.61. The van der Waals surface area contributed by atoms with E-state index in [2.05, 4.69) is 10.3 Å². The number of amides is 1. The first kappa shape index (κ1) is 19.9. The number of aromatic nitrogens is 1. The number of carbonyl (C=O) groups excluding carboxylic acids is 1. The van der Waals surface area contributed by atoms with E-state index >= 15 is 0 Å². The molecule has 0 fully saturated rings. The summed E-state index contributed by atoms with van der Waals surface area (Å²) >= 11 is 0. The van der Waals surface area contributed by atoms with Crippen LogP contribution in [-0.2, 0) is 17.4 Å². The molecule has 0 bridgehead atoms. The van der Waals surface area contributed by atoms with Crippen LogP contribution in [0.5, 0.6) is 0 Å². The Bertz CT molecular complexity index is 731. The molecule has 2 aromatic rings. The van der Waals surface area contributed by atoms with E-state index in [-0.39, 0.29) is 23.8 Å². The fourth-order valence-corrected chi connectivity index (χ4v) is 2.55. The molecule has 0 aliphatic rings. The maximum absolute atomic E-state index is 13.0. The number of hydrogen-bond acceptors (Lipinski definition) is 2. The molecule has 2 rings (SSSR count). The van der Waals surface area contributed by atoms with Crippen molar-refractivity contribution in [1.29, 1.82) is 0 Å². The number of nitrogens with one attached hydrogen (secondary N) is 1. The lowest BCUT2D eigenvalue weighted by atomic mass is 10.1. The van der Waals surface area contributed by atoms with E-state index in [4.69, 9.17) is 0 Å². The quantitative estimate of drug-likeness (QED) is 0.503. The number of alkyl halides is 3. The van der Waals surface area contributed by atoms with Crippen molar-refractivity contribution in [2.45, 2.75) is 44.7 Å². The fourth-order valence-electron chi connectivity index (χ4n) is 2.55. The molecule has 26 heavy (non-hydrogen) atoms. The van der Waals surface area contributed by atoms with Crippen LogP contribution in [0.15, 0.2) is 42.6 Å². The van der Waals surface area contributed by atoms with Crippen molar-refractivity contribution in [2.75, 3.05) is 5.32 Å². The van der Waals surface area contributed by atoms with E-state index in [1.165, 1.54) is 18.2 Å². The summed E-state index contributed by atoms with van der Waals surface area (Å²) in [4.78, 5) is 15.1. The number of carbonyl (C=O) groups is 1. The summed E-state index contributed by atoms with van der Waals surface area (Å²) in [5.74, 6) is -0.571. The zero-order valence-electron chi connectivity index (χ0n) is 14.2. The van der Waals surface area contributed by atoms with Crippen LogP contribution >= 0.6 is 0 Å². The van der Waals surface area contributed by atoms with Crippen molar-refractivity contribution >= 4 is 11.6 Å². The van der Waals surface area contributed by atoms with E-state index in [0.29, 0.717) is 6.42 Å². The van der Waals surface area contributed by atoms with Gasteiger partial charge >= 0.3 is 6.18 Å². The summed E-state index contributed by atoms with van der Waals surface area (Å²) in [7, 11) is 0. The Kier molecular flexibility index (Phi) is 7.12. The molecule has 1 aromatic heterocycles. The highest BCUT2D eigenvalue weighted by Crippen LogP contribution is 2.28. The van der Waals surface area contributed by atoms with Crippen molar-refractivity contribution in [3.63, 3.8) is 0 Å². The minimum absolute atomic E-state index is 0.0865. The second-order valence-corrected chi connectivity index (χ2v) is 6.02. The monoisotopic (exact) mass is 368 g/mol. The van der Waals surface area contributed by atoms with E-state index < -0.39 is 11.9 Å². The lowest BCUT2D eigenvalue weighted by Crippen LogP contribution is -2.13. The second kappa shape index (κ2) is 9.31. The number of hydrogen-bond donors (Lipinski definition) is 1. The summed E-state index contributed by atoms with van der Waals surface area (Å²) in [6.07, 6.45) is 0.763. The van der Waals surface area contributed by atoms with Gasteiger partial charge in [-0.15, -0.1) is 0 Å². The van der Waals surface area contributed by atoms with Gasteiger partial charge in [0, 0.05) is 18.3 Å². The summed E-state index contributed by atoms with van der Waals surface area (Å²) < 4.78 is 50.8. The number of aryl methyl sites for hydroxylation is 1. The largest absolute Gasteiger partial charge is 0.433 e. The van der Waals surface area contributed by atoms with Gasteiger partial charge in [-0.3, -0.25) is 9.78 Å². The SMILES string of the molecule is O=C(CCCCCCc1cccc(F)c1)Nc1ccnc(C(F)(F)F)c1. The number of rotatable bonds is 8. The van der Waals surface area contributed by atoms with E-state index in [1.807, 2.05) is 6.07 Å². The van der Waals surface area contributed by atoms with Crippen LogP contribution in [0.3, 0.4) is 0 Å². The Balaban J connectivity index is 1.65. The molecule has 0 saturated heterocycles. The average molecular weight is 368 g/mol. The minimum atomic E-state index is -4.54. The van der Waals surface area contributed by atoms with Crippen molar-refractivity contribution in [2.24, 2.45) is 0 Å². The molecule has 140 valence electrons. The van der Waals surface area contributed by atoms with E-state index in [0.717, 1.165) is 43.5 Å². The van der Waals surface area contributed by atoms with Gasteiger partial charge in [0.05, 0.1) is 0 Å². The first-order valence-electron chi connectivity index (χ1n) is 8.42. The van der Waals surface area contributed by atoms with Crippen molar-refractivity contribution in [3.05, 3.63) is 59.7 Å². The third kappa shape index (κ3) is 6.82. The molecule has 0 spiro atoms. The highest BCUT2D eigenvalue weighted by molar-refractivity contribution is 5.90. The molecule has 0 radical (unpaired) electrons. The standard InChI is InChI=1S/C19H20F4N2O/c20-15-8-5-7-14(12-15)6-3-1-2-4-9-18(26)25-16-10-11-24-17(13-16)19(21,22)23/h5,7-8,10-13H,1-4,6,9H2,(H,24,25,26). The van der Waals surface area contributed by atoms with Crippen molar-refractivity contribution < 1.29 is 22.4 Å². The first-order valence-corrected chi connectivity index (χ1v) is 8.42. The van der Waals surface area contributed by atoms with Gasteiger partial charge in [0.1, 0.15) is 11.5 Å². The third-order valence-electron chi connectivity index (χ3n) is 3.84. The van der Waals surface area contributed by atoms with Gasteiger partial charge < -0.3 is 5.32 Å². The minimum Gasteiger partial charge on any atom is -0.326 e. The number of nitrogens with zero attached hydrogens (tertiary/aromatic N) is 1. The molecule has 0 unspecified atom stereocenters. The average Bonchev–Trinajstić information content (AvgIpc) is 2.57. The van der Waals surface area contributed by atoms with Crippen LogP contribution in [0.4, 0.5) is 23.2 Å². The zero-order valence-corrected chi connectivity index (χ0v) is 14.2. The highest BCUT2D eigenvalue weighted by atomic mass is 19.4. The topological polar surface area (TPSA) is 42.0 Å². The first-order chi connectivity index (χ1) is 12.3. The number of halogens is 4. The van der Waals surface area contributed by atoms with Crippen LogP contribution in [0.2, 0.25) is 0 Å². The smallest absolute Gasteiger partial charge is 0.326 e. The number of anilines is 1. The van der Waals surface area contributed by atoms with Gasteiger partial charge in [0.25, 0.3) is 0 Å². The third-order valence-corrected chi connectivity index (χ3v) is 3.84. The van der Waals surface area contributed by atoms with E-state index in [9.17, 15) is 22.4 Å². The molecule has 0 aliphatic heterocycles. The molecule has 0 atom stereocenters. The lowest BCUT2D eigenvalue weighted by Gasteiger charge is -2.09. The number of unbranched alkanes of at least 4 members (excludes halogenated alkanes) is 3. The second-order valence-electron chi connectivity index (χ2n) is 6.02. The molecule has 1 aromatic carbocycles. The van der Waals surface area contributed by atoms with E-state index in [1.54, 1.807) is 6.07 Å². The van der Waals surface area contributed by atoms with Crippen molar-refractivity contribution in [1.82, 2.24) is 4.98 Å². The van der Waals surface area contributed by atoms with Gasteiger partial charge in [-0.1, -0.05) is 25.0 Å². The predicted octanol–water partition coefficient (Wildman–Crippen LogP) is 5.37. The van der Waals surface area contributed by atoms with Gasteiger partial charge in [-0.25, -0.2) is 4.39 Å². The molecular weight excluding hydrogens is 348 g/mol. The van der Waals surface area contributed by atoms with Crippen LogP contribution in [0.25, 0.3) is 0 Å². The van der Waals surface area contributed by atoms with Crippen LogP contribution in [-0.4, -0.2) is 10.9 Å². The molecule has 0 aliphatic carbocycles. The molecular formula is C19H20F4N2O. The maximum Gasteiger partial charge on any atom is 0.433 e. The predicted molar refractivity (Wildman–Crippen MR) is 91.1 cm³/mol. The van der Waals surface area contributed by atoms with Gasteiger partial charge in [0.2, 0.25) is 5.91 Å². The highest BCUT2D eigenvalue weighted by Gasteiger charge is 2.32. The normalized spacial score (nSPS) is 11.4. The van der Waals surface area contributed by atoms with Gasteiger partial charge in [-0.2, -0.15) is 13.2 Å². The molecule has 1 amide bonds. The maximum atomic E-state index is 13.0. The molecule has 1 N–H and O–H groups in total. The summed E-state index contributed by atoms with van der Waals surface area (Å²) in [5, 5.41) is 2.46. The van der Waals surface area contributed by atoms with Crippen LogP contribution in [0.1, 0.15) is 43.4 Å². The Morgan fingerprint density at radius 2 is 1.81 bits per heavy atom. The van der Waals surface area contributed by atoms with Crippen molar-refractivity contribution in [3.8, 4) is 0 Å². The molecule has 3 nitrogen and oxygen atoms in total. The molecule has 1 heterocycles. The summed E-state index contributed by atoms with van der Waals surface area (Å²) in [6.45, 7) is 0. The molecule has 7 heteroatoms. The Hall–Kier alpha value is -2.44. The number of pyridine rings is 1. The lowest BCUT2D eigenvalue weighted by molar-refractivity contribution is -0.141. The Labute approximate surface area is 149 Å². The zero-order chi connectivity index (χ0) is 19.0. The Morgan fingerprint density at radius 3 is 2.54 bits per heavy atom. The number of benzene rings is 1. The fraction of sp³-hybridized carbons (Fsp3) is 0.368. The summed E-state index contributed by atoms with van der Waals surface area (Å²) in [5.41, 5.74) is -0.00280. The van der Waals surface area contributed by atoms with Gasteiger partial charge in [0.15, 0.2) is 0 Å². The Morgan fingerprint density at radius 1 is 1.04 bits per heavy atom. The molecule has 0 saturated carbocycles. The van der Waals surface area contributed by atoms with Crippen LogP contribution < -0.4 is 5.32 Å². The van der Waals surface area contributed by atoms with Crippen LogP contribution in [0, 0.1) is 5.82 Å². The van der Waals surface area contributed by atoms with Gasteiger partial charge in [-0.05, 0) is 49.1 Å².